The fraction of sp³-hybridized carbons (Fsp3) is 0.385. The number of carbonyl (C=O) groups is 1. The summed E-state index contributed by atoms with van der Waals surface area (Å²) >= 11 is 2.30. The average molecular weight is 573 g/mol. The van der Waals surface area contributed by atoms with Crippen molar-refractivity contribution in [2.24, 2.45) is 0 Å². The lowest BCUT2D eigenvalue weighted by atomic mass is 9.94. The number of methoxy groups -OCH3 is 1. The first-order chi connectivity index (χ1) is 16.5. The second-order valence-electron chi connectivity index (χ2n) is 8.95. The predicted molar refractivity (Wildman–Crippen MR) is 144 cm³/mol. The van der Waals surface area contributed by atoms with Crippen molar-refractivity contribution in [2.75, 3.05) is 38.7 Å². The van der Waals surface area contributed by atoms with Gasteiger partial charge in [-0.05, 0) is 46.2 Å². The van der Waals surface area contributed by atoms with Gasteiger partial charge in [0.25, 0.3) is 0 Å². The van der Waals surface area contributed by atoms with E-state index < -0.39 is 0 Å². The summed E-state index contributed by atoms with van der Waals surface area (Å²) in [6.45, 7) is 7.39. The zero-order valence-electron chi connectivity index (χ0n) is 19.9. The summed E-state index contributed by atoms with van der Waals surface area (Å²) in [5.74, 6) is 1.13. The molecule has 0 aliphatic carbocycles. The van der Waals surface area contributed by atoms with E-state index in [9.17, 15) is 4.79 Å². The van der Waals surface area contributed by atoms with Crippen LogP contribution in [0.1, 0.15) is 36.9 Å². The van der Waals surface area contributed by atoms with Crippen LogP contribution in [-0.4, -0.2) is 60.1 Å². The molecule has 0 bridgehead atoms. The molecule has 2 aromatic carbocycles. The minimum Gasteiger partial charge on any atom is -0.383 e. The minimum atomic E-state index is -0.220. The number of nitrogens with zero attached hydrogens (tertiary/aromatic N) is 3. The Morgan fingerprint density at radius 3 is 2.59 bits per heavy atom. The minimum absolute atomic E-state index is 0.00272. The largest absolute Gasteiger partial charge is 0.383 e. The number of likely N-dealkylation sites (tertiary alicyclic amines) is 1. The van der Waals surface area contributed by atoms with E-state index in [-0.39, 0.29) is 23.9 Å². The number of ether oxygens (including phenoxy) is 1. The molecule has 2 amide bonds. The number of hydrogen-bond acceptors (Lipinski definition) is 4. The third kappa shape index (κ3) is 5.79. The molecule has 1 aromatic heterocycles. The van der Waals surface area contributed by atoms with Gasteiger partial charge in [-0.2, -0.15) is 5.10 Å². The first-order valence-electron chi connectivity index (χ1n) is 11.6. The second kappa shape index (κ2) is 11.3. The molecule has 8 heteroatoms. The molecular weight excluding hydrogens is 541 g/mol. The molecule has 2 atom stereocenters. The average Bonchev–Trinajstić information content (AvgIpc) is 3.43. The van der Waals surface area contributed by atoms with E-state index in [1.165, 1.54) is 5.56 Å². The lowest BCUT2D eigenvalue weighted by Crippen LogP contribution is -2.42. The van der Waals surface area contributed by atoms with Gasteiger partial charge in [-0.25, -0.2) is 9.48 Å². The van der Waals surface area contributed by atoms with Gasteiger partial charge < -0.3 is 10.1 Å². The molecule has 1 fully saturated rings. The number of hydrogen-bond donors (Lipinski definition) is 2. The Morgan fingerprint density at radius 2 is 1.88 bits per heavy atom. The zero-order chi connectivity index (χ0) is 24.1. The van der Waals surface area contributed by atoms with Gasteiger partial charge in [0.1, 0.15) is 5.82 Å². The summed E-state index contributed by atoms with van der Waals surface area (Å²) in [6, 6.07) is 20.2. The summed E-state index contributed by atoms with van der Waals surface area (Å²) in [6.07, 6.45) is 0. The second-order valence-corrected chi connectivity index (χ2v) is 10.1. The molecule has 34 heavy (non-hydrogen) atoms. The van der Waals surface area contributed by atoms with Crippen molar-refractivity contribution < 1.29 is 9.53 Å². The van der Waals surface area contributed by atoms with Gasteiger partial charge in [-0.1, -0.05) is 56.3 Å². The van der Waals surface area contributed by atoms with Crippen molar-refractivity contribution in [2.45, 2.75) is 31.7 Å². The van der Waals surface area contributed by atoms with E-state index in [1.54, 1.807) is 7.11 Å². The highest BCUT2D eigenvalue weighted by Crippen LogP contribution is 2.28. The van der Waals surface area contributed by atoms with Gasteiger partial charge in [-0.15, -0.1) is 0 Å². The fourth-order valence-corrected chi connectivity index (χ4v) is 4.99. The number of rotatable bonds is 8. The van der Waals surface area contributed by atoms with Crippen molar-refractivity contribution >= 4 is 34.4 Å². The number of aromatic nitrogens is 2. The number of benzene rings is 2. The van der Waals surface area contributed by atoms with E-state index in [0.29, 0.717) is 12.4 Å². The van der Waals surface area contributed by atoms with E-state index in [2.05, 4.69) is 76.2 Å². The van der Waals surface area contributed by atoms with Crippen LogP contribution in [0.15, 0.2) is 60.7 Å². The fourth-order valence-electron chi connectivity index (χ4n) is 4.37. The topological polar surface area (TPSA) is 71.4 Å². The Balaban J connectivity index is 1.54. The van der Waals surface area contributed by atoms with E-state index in [4.69, 9.17) is 9.84 Å². The monoisotopic (exact) mass is 573 g/mol. The predicted octanol–water partition coefficient (Wildman–Crippen LogP) is 4.84. The molecule has 1 saturated heterocycles. The standard InChI is InChI=1S/C26H32IN5O2/c1-18(2)22-15-25(32(30-22)24-12-8-7-11-21(24)27)29-26(33)28-23-17-31(13-14-34-3)16-20(23)19-9-5-4-6-10-19/h4-12,15,18,20,23H,13-14,16-17H2,1-3H3,(H2,28,29,33). The Hall–Kier alpha value is -2.43. The molecule has 0 saturated carbocycles. The van der Waals surface area contributed by atoms with Gasteiger partial charge in [0, 0.05) is 42.3 Å². The summed E-state index contributed by atoms with van der Waals surface area (Å²) in [4.78, 5) is 15.6. The highest BCUT2D eigenvalue weighted by Gasteiger charge is 2.34. The summed E-state index contributed by atoms with van der Waals surface area (Å²) < 4.78 is 8.16. The Bertz CT molecular complexity index is 1100. The first-order valence-corrected chi connectivity index (χ1v) is 12.7. The van der Waals surface area contributed by atoms with Gasteiger partial charge in [0.2, 0.25) is 0 Å². The highest BCUT2D eigenvalue weighted by molar-refractivity contribution is 14.1. The van der Waals surface area contributed by atoms with Crippen LogP contribution in [0.4, 0.5) is 10.6 Å². The lowest BCUT2D eigenvalue weighted by Gasteiger charge is -2.21. The van der Waals surface area contributed by atoms with Crippen molar-refractivity contribution in [1.29, 1.82) is 0 Å². The van der Waals surface area contributed by atoms with Gasteiger partial charge in [-0.3, -0.25) is 10.2 Å². The molecule has 2 unspecified atom stereocenters. The molecule has 2 N–H and O–H groups in total. The van der Waals surface area contributed by atoms with Gasteiger partial charge in [0.05, 0.1) is 24.0 Å². The van der Waals surface area contributed by atoms with Gasteiger partial charge >= 0.3 is 6.03 Å². The Labute approximate surface area is 215 Å². The van der Waals surface area contributed by atoms with Crippen LogP contribution in [0.25, 0.3) is 5.69 Å². The van der Waals surface area contributed by atoms with Crippen molar-refractivity contribution in [3.8, 4) is 5.69 Å². The number of nitrogens with one attached hydrogen (secondary N) is 2. The molecular formula is C26H32IN5O2. The smallest absolute Gasteiger partial charge is 0.320 e. The Morgan fingerprint density at radius 1 is 1.15 bits per heavy atom. The normalized spacial score (nSPS) is 18.4. The highest BCUT2D eigenvalue weighted by atomic mass is 127. The van der Waals surface area contributed by atoms with E-state index in [1.807, 2.05) is 41.1 Å². The number of para-hydroxylation sites is 1. The number of anilines is 1. The third-order valence-corrected chi connectivity index (χ3v) is 7.11. The quantitative estimate of drug-likeness (QED) is 0.379. The van der Waals surface area contributed by atoms with Crippen LogP contribution in [0.5, 0.6) is 0 Å². The van der Waals surface area contributed by atoms with Crippen LogP contribution in [0.2, 0.25) is 0 Å². The van der Waals surface area contributed by atoms with E-state index in [0.717, 1.165) is 34.6 Å². The van der Waals surface area contributed by atoms with Crippen molar-refractivity contribution in [3.63, 3.8) is 0 Å². The van der Waals surface area contributed by atoms with Crippen LogP contribution in [0.3, 0.4) is 0 Å². The summed E-state index contributed by atoms with van der Waals surface area (Å²) in [5.41, 5.74) is 3.11. The molecule has 4 rings (SSSR count). The lowest BCUT2D eigenvalue weighted by molar-refractivity contribution is 0.159. The Kier molecular flexibility index (Phi) is 8.23. The van der Waals surface area contributed by atoms with Crippen LogP contribution in [-0.2, 0) is 4.74 Å². The maximum absolute atomic E-state index is 13.2. The maximum atomic E-state index is 13.2. The van der Waals surface area contributed by atoms with Crippen molar-refractivity contribution in [3.05, 3.63) is 75.5 Å². The third-order valence-electron chi connectivity index (χ3n) is 6.19. The number of halogens is 1. The van der Waals surface area contributed by atoms with Crippen LogP contribution in [0, 0.1) is 3.57 Å². The SMILES string of the molecule is COCCN1CC(NC(=O)Nc2cc(C(C)C)nn2-c2ccccc2I)C(c2ccccc2)C1. The zero-order valence-corrected chi connectivity index (χ0v) is 22.0. The first kappa shape index (κ1) is 24.7. The van der Waals surface area contributed by atoms with Crippen LogP contribution >= 0.6 is 22.6 Å². The number of urea groups is 1. The molecule has 1 aliphatic rings. The maximum Gasteiger partial charge on any atom is 0.320 e. The van der Waals surface area contributed by atoms with Crippen molar-refractivity contribution in [1.82, 2.24) is 20.0 Å². The molecule has 3 aromatic rings. The molecule has 0 radical (unpaired) electrons. The number of carbonyl (C=O) groups excluding carboxylic acids is 1. The van der Waals surface area contributed by atoms with Crippen LogP contribution < -0.4 is 10.6 Å². The number of amides is 2. The molecule has 0 spiro atoms. The summed E-state index contributed by atoms with van der Waals surface area (Å²) in [5, 5.41) is 11.1. The van der Waals surface area contributed by atoms with Gasteiger partial charge in [0.15, 0.2) is 0 Å². The molecule has 7 nitrogen and oxygen atoms in total. The molecule has 180 valence electrons. The molecule has 2 heterocycles. The van der Waals surface area contributed by atoms with E-state index >= 15 is 0 Å². The molecule has 1 aliphatic heterocycles. The summed E-state index contributed by atoms with van der Waals surface area (Å²) in [7, 11) is 1.72.